The topological polar surface area (TPSA) is 49.5 Å². The normalized spacial score (nSPS) is 15.1. The van der Waals surface area contributed by atoms with Gasteiger partial charge < -0.3 is 10.8 Å². The first-order chi connectivity index (χ1) is 8.41. The van der Waals surface area contributed by atoms with Crippen LogP contribution < -0.4 is 5.73 Å². The lowest BCUT2D eigenvalue weighted by atomic mass is 10.0. The molecule has 1 rings (SSSR count). The molecule has 0 saturated heterocycles. The van der Waals surface area contributed by atoms with Crippen molar-refractivity contribution in [2.24, 2.45) is 11.7 Å². The van der Waals surface area contributed by atoms with E-state index in [0.29, 0.717) is 11.7 Å². The van der Waals surface area contributed by atoms with Crippen molar-refractivity contribution in [1.29, 1.82) is 0 Å². The van der Waals surface area contributed by atoms with Gasteiger partial charge >= 0.3 is 0 Å². The first-order valence-corrected chi connectivity index (χ1v) is 6.66. The number of nitrogens with zero attached hydrogens (tertiary/aromatic N) is 1. The van der Waals surface area contributed by atoms with Gasteiger partial charge in [-0.25, -0.2) is 0 Å². The lowest BCUT2D eigenvalue weighted by molar-refractivity contribution is 0.243. The van der Waals surface area contributed by atoms with Crippen molar-refractivity contribution in [2.75, 3.05) is 13.6 Å². The van der Waals surface area contributed by atoms with Crippen molar-refractivity contribution in [3.8, 4) is 5.75 Å². The van der Waals surface area contributed by atoms with Crippen LogP contribution in [0, 0.1) is 5.92 Å². The summed E-state index contributed by atoms with van der Waals surface area (Å²) < 4.78 is 0. The molecule has 0 fully saturated rings. The second kappa shape index (κ2) is 6.76. The molecule has 18 heavy (non-hydrogen) atoms. The van der Waals surface area contributed by atoms with Crippen molar-refractivity contribution in [1.82, 2.24) is 4.90 Å². The van der Waals surface area contributed by atoms with Gasteiger partial charge in [0, 0.05) is 12.1 Å². The third-order valence-corrected chi connectivity index (χ3v) is 3.69. The maximum absolute atomic E-state index is 9.50. The van der Waals surface area contributed by atoms with Crippen LogP contribution >= 0.6 is 0 Å². The van der Waals surface area contributed by atoms with Gasteiger partial charge in [-0.05, 0) is 50.6 Å². The van der Waals surface area contributed by atoms with Crippen molar-refractivity contribution in [3.05, 3.63) is 29.8 Å². The average molecular weight is 250 g/mol. The van der Waals surface area contributed by atoms with E-state index in [1.165, 1.54) is 0 Å². The van der Waals surface area contributed by atoms with Crippen LogP contribution in [-0.4, -0.2) is 29.6 Å². The summed E-state index contributed by atoms with van der Waals surface area (Å²) in [5.74, 6) is 0.848. The Morgan fingerprint density at radius 2 is 1.94 bits per heavy atom. The van der Waals surface area contributed by atoms with Crippen LogP contribution in [0.2, 0.25) is 0 Å². The third-order valence-electron chi connectivity index (χ3n) is 3.69. The number of hydrogen-bond donors (Lipinski definition) is 2. The lowest BCUT2D eigenvalue weighted by Crippen LogP contribution is -2.32. The van der Waals surface area contributed by atoms with Crippen LogP contribution in [0.25, 0.3) is 0 Å². The molecule has 1 aromatic rings. The maximum Gasteiger partial charge on any atom is 0.115 e. The molecule has 1 aromatic carbocycles. The van der Waals surface area contributed by atoms with Crippen molar-refractivity contribution >= 4 is 0 Å². The summed E-state index contributed by atoms with van der Waals surface area (Å²) in [4.78, 5) is 2.27. The molecule has 2 atom stereocenters. The predicted octanol–water partition coefficient (Wildman–Crippen LogP) is 2.76. The van der Waals surface area contributed by atoms with E-state index in [1.54, 1.807) is 6.07 Å². The Morgan fingerprint density at radius 1 is 1.28 bits per heavy atom. The zero-order valence-corrected chi connectivity index (χ0v) is 11.9. The molecule has 0 aliphatic carbocycles. The predicted molar refractivity (Wildman–Crippen MR) is 76.6 cm³/mol. The highest BCUT2D eigenvalue weighted by molar-refractivity contribution is 5.29. The molecule has 0 amide bonds. The minimum Gasteiger partial charge on any atom is -0.508 e. The van der Waals surface area contributed by atoms with Gasteiger partial charge in [-0.2, -0.15) is 0 Å². The Labute approximate surface area is 111 Å². The Balaban J connectivity index is 2.53. The second-order valence-electron chi connectivity index (χ2n) is 5.45. The number of rotatable bonds is 6. The molecular formula is C15H26N2O. The summed E-state index contributed by atoms with van der Waals surface area (Å²) in [6, 6.07) is 7.99. The molecule has 0 spiro atoms. The Morgan fingerprint density at radius 3 is 2.50 bits per heavy atom. The van der Waals surface area contributed by atoms with Crippen molar-refractivity contribution in [2.45, 2.75) is 39.3 Å². The molecule has 3 N–H and O–H groups in total. The molecule has 0 saturated carbocycles. The van der Waals surface area contributed by atoms with E-state index in [0.717, 1.165) is 18.5 Å². The molecule has 0 radical (unpaired) electrons. The largest absolute Gasteiger partial charge is 0.508 e. The van der Waals surface area contributed by atoms with Gasteiger partial charge in [0.1, 0.15) is 5.75 Å². The number of nitrogens with two attached hydrogens (primary N) is 1. The first-order valence-electron chi connectivity index (χ1n) is 6.66. The first kappa shape index (κ1) is 15.0. The smallest absolute Gasteiger partial charge is 0.115 e. The summed E-state index contributed by atoms with van der Waals surface area (Å²) in [6.45, 7) is 7.43. The van der Waals surface area contributed by atoms with E-state index in [9.17, 15) is 5.11 Å². The second-order valence-corrected chi connectivity index (χ2v) is 5.45. The molecular weight excluding hydrogens is 224 g/mol. The van der Waals surface area contributed by atoms with Gasteiger partial charge in [0.15, 0.2) is 0 Å². The zero-order valence-electron chi connectivity index (χ0n) is 11.9. The Hall–Kier alpha value is -1.06. The fourth-order valence-electron chi connectivity index (χ4n) is 1.92. The highest BCUT2D eigenvalue weighted by atomic mass is 16.3. The van der Waals surface area contributed by atoms with E-state index in [2.05, 4.69) is 32.7 Å². The van der Waals surface area contributed by atoms with Crippen LogP contribution in [0.4, 0.5) is 0 Å². The molecule has 0 aromatic heterocycles. The SMILES string of the molecule is CC(C)C(N)CCN(C)C(C)c1cccc(O)c1. The average Bonchev–Trinajstić information content (AvgIpc) is 2.34. The summed E-state index contributed by atoms with van der Waals surface area (Å²) in [5.41, 5.74) is 7.20. The van der Waals surface area contributed by atoms with Gasteiger partial charge in [-0.15, -0.1) is 0 Å². The van der Waals surface area contributed by atoms with Gasteiger partial charge in [0.25, 0.3) is 0 Å². The highest BCUT2D eigenvalue weighted by Crippen LogP contribution is 2.22. The van der Waals surface area contributed by atoms with Crippen molar-refractivity contribution in [3.63, 3.8) is 0 Å². The summed E-state index contributed by atoms with van der Waals surface area (Å²) in [6.07, 6.45) is 0.997. The molecule has 0 aliphatic rings. The maximum atomic E-state index is 9.50. The standard InChI is InChI=1S/C15H26N2O/c1-11(2)15(16)8-9-17(4)12(3)13-6-5-7-14(18)10-13/h5-7,10-12,15,18H,8-9,16H2,1-4H3. The number of benzene rings is 1. The van der Waals surface area contributed by atoms with Gasteiger partial charge in [0.05, 0.1) is 0 Å². The number of hydrogen-bond acceptors (Lipinski definition) is 3. The quantitative estimate of drug-likeness (QED) is 0.816. The van der Waals surface area contributed by atoms with Crippen LogP contribution in [0.1, 0.15) is 38.8 Å². The van der Waals surface area contributed by atoms with E-state index < -0.39 is 0 Å². The molecule has 0 aliphatic heterocycles. The van der Waals surface area contributed by atoms with Crippen LogP contribution in [0.5, 0.6) is 5.75 Å². The molecule has 102 valence electrons. The lowest BCUT2D eigenvalue weighted by Gasteiger charge is -2.27. The van der Waals surface area contributed by atoms with Crippen LogP contribution in [-0.2, 0) is 0 Å². The minimum absolute atomic E-state index is 0.254. The fraction of sp³-hybridized carbons (Fsp3) is 0.600. The molecule has 0 heterocycles. The van der Waals surface area contributed by atoms with Gasteiger partial charge in [0.2, 0.25) is 0 Å². The summed E-state index contributed by atoms with van der Waals surface area (Å²) >= 11 is 0. The number of aromatic hydroxyl groups is 1. The Kier molecular flexibility index (Phi) is 5.63. The van der Waals surface area contributed by atoms with Crippen LogP contribution in [0.15, 0.2) is 24.3 Å². The van der Waals surface area contributed by atoms with E-state index in [4.69, 9.17) is 5.73 Å². The molecule has 3 nitrogen and oxygen atoms in total. The summed E-state index contributed by atoms with van der Waals surface area (Å²) in [7, 11) is 2.10. The number of phenols is 1. The van der Waals surface area contributed by atoms with E-state index in [-0.39, 0.29) is 12.1 Å². The summed E-state index contributed by atoms with van der Waals surface area (Å²) in [5, 5.41) is 9.50. The zero-order chi connectivity index (χ0) is 13.7. The molecule has 0 bridgehead atoms. The fourth-order valence-corrected chi connectivity index (χ4v) is 1.92. The van der Waals surface area contributed by atoms with E-state index >= 15 is 0 Å². The van der Waals surface area contributed by atoms with Crippen LogP contribution in [0.3, 0.4) is 0 Å². The molecule has 3 heteroatoms. The number of phenolic OH excluding ortho intramolecular Hbond substituents is 1. The molecule has 2 unspecified atom stereocenters. The van der Waals surface area contributed by atoms with Gasteiger partial charge in [-0.1, -0.05) is 26.0 Å². The highest BCUT2D eigenvalue weighted by Gasteiger charge is 2.14. The third kappa shape index (κ3) is 4.31. The van der Waals surface area contributed by atoms with Gasteiger partial charge in [-0.3, -0.25) is 4.90 Å². The Bertz CT molecular complexity index is 365. The minimum atomic E-state index is 0.254. The van der Waals surface area contributed by atoms with Crippen molar-refractivity contribution < 1.29 is 5.11 Å². The monoisotopic (exact) mass is 250 g/mol. The van der Waals surface area contributed by atoms with E-state index in [1.807, 2.05) is 18.2 Å².